The summed E-state index contributed by atoms with van der Waals surface area (Å²) in [6, 6.07) is 4.07. The maximum absolute atomic E-state index is 5.79. The highest BCUT2D eigenvalue weighted by Gasteiger charge is 2.29. The van der Waals surface area contributed by atoms with Crippen LogP contribution in [0, 0.1) is 0 Å². The maximum Gasteiger partial charge on any atom is 0.180 e. The molecule has 0 saturated heterocycles. The highest BCUT2D eigenvalue weighted by Crippen LogP contribution is 2.43. The Hall–Kier alpha value is -1.42. The first kappa shape index (κ1) is 9.78. The topological polar surface area (TPSA) is 51.8 Å². The molecule has 0 radical (unpaired) electrons. The number of nitrogens with two attached hydrogens (primary N) is 1. The zero-order chi connectivity index (χ0) is 11.0. The van der Waals surface area contributed by atoms with Crippen molar-refractivity contribution in [2.24, 2.45) is 0 Å². The molecule has 3 rings (SSSR count). The Bertz CT molecular complexity index is 488. The summed E-state index contributed by atoms with van der Waals surface area (Å²) >= 11 is 1.62. The van der Waals surface area contributed by atoms with Crippen molar-refractivity contribution in [3.8, 4) is 0 Å². The minimum absolute atomic E-state index is 0.667. The van der Waals surface area contributed by atoms with Crippen LogP contribution in [0.25, 0.3) is 0 Å². The second kappa shape index (κ2) is 3.87. The molecule has 2 N–H and O–H groups in total. The van der Waals surface area contributed by atoms with Gasteiger partial charge in [0.15, 0.2) is 5.13 Å². The second-order valence-electron chi connectivity index (χ2n) is 4.17. The van der Waals surface area contributed by atoms with Gasteiger partial charge in [-0.2, -0.15) is 0 Å². The molecule has 3 nitrogen and oxygen atoms in total. The minimum atomic E-state index is 0.667. The van der Waals surface area contributed by atoms with Gasteiger partial charge in [-0.1, -0.05) is 6.07 Å². The van der Waals surface area contributed by atoms with Gasteiger partial charge in [0, 0.05) is 29.6 Å². The number of hydrogen-bond donors (Lipinski definition) is 1. The number of hydrogen-bond acceptors (Lipinski definition) is 4. The van der Waals surface area contributed by atoms with E-state index in [0.29, 0.717) is 11.0 Å². The van der Waals surface area contributed by atoms with E-state index in [0.717, 1.165) is 6.42 Å². The normalized spacial score (nSPS) is 15.2. The van der Waals surface area contributed by atoms with Crippen LogP contribution in [0.4, 0.5) is 5.13 Å². The average Bonchev–Trinajstić information content (AvgIpc) is 3.06. The van der Waals surface area contributed by atoms with Crippen LogP contribution in [0.1, 0.15) is 34.9 Å². The van der Waals surface area contributed by atoms with E-state index in [1.54, 1.807) is 17.5 Å². The van der Waals surface area contributed by atoms with Gasteiger partial charge in [-0.3, -0.25) is 4.98 Å². The molecule has 4 heteroatoms. The fraction of sp³-hybridized carbons (Fsp3) is 0.333. The van der Waals surface area contributed by atoms with Crippen molar-refractivity contribution in [3.05, 3.63) is 40.7 Å². The molecule has 0 amide bonds. The first-order chi connectivity index (χ1) is 7.83. The van der Waals surface area contributed by atoms with Crippen LogP contribution in [0.3, 0.4) is 0 Å². The Labute approximate surface area is 98.4 Å². The van der Waals surface area contributed by atoms with Crippen LogP contribution in [-0.4, -0.2) is 9.97 Å². The molecule has 16 heavy (non-hydrogen) atoms. The third-order valence-corrected chi connectivity index (χ3v) is 3.70. The van der Waals surface area contributed by atoms with E-state index < -0.39 is 0 Å². The van der Waals surface area contributed by atoms with E-state index in [-0.39, 0.29) is 0 Å². The van der Waals surface area contributed by atoms with Crippen LogP contribution in [0.2, 0.25) is 0 Å². The van der Waals surface area contributed by atoms with Crippen LogP contribution >= 0.6 is 11.3 Å². The van der Waals surface area contributed by atoms with Crippen molar-refractivity contribution < 1.29 is 0 Å². The van der Waals surface area contributed by atoms with E-state index >= 15 is 0 Å². The van der Waals surface area contributed by atoms with Gasteiger partial charge in [0.2, 0.25) is 0 Å². The van der Waals surface area contributed by atoms with Crippen LogP contribution in [0.5, 0.6) is 0 Å². The zero-order valence-corrected chi connectivity index (χ0v) is 9.70. The number of aromatic nitrogens is 2. The Morgan fingerprint density at radius 1 is 1.44 bits per heavy atom. The average molecular weight is 231 g/mol. The van der Waals surface area contributed by atoms with Crippen molar-refractivity contribution in [1.29, 1.82) is 0 Å². The Morgan fingerprint density at radius 2 is 2.31 bits per heavy atom. The summed E-state index contributed by atoms with van der Waals surface area (Å²) in [6.45, 7) is 0. The maximum atomic E-state index is 5.79. The van der Waals surface area contributed by atoms with Gasteiger partial charge in [-0.25, -0.2) is 4.98 Å². The summed E-state index contributed by atoms with van der Waals surface area (Å²) in [7, 11) is 0. The number of nitrogens with zero attached hydrogens (tertiary/aromatic N) is 2. The summed E-state index contributed by atoms with van der Waals surface area (Å²) in [5, 5.41) is 0.695. The minimum Gasteiger partial charge on any atom is -0.375 e. The van der Waals surface area contributed by atoms with Crippen molar-refractivity contribution in [3.63, 3.8) is 0 Å². The van der Waals surface area contributed by atoms with Crippen molar-refractivity contribution in [2.75, 3.05) is 5.73 Å². The molecule has 1 aliphatic carbocycles. The van der Waals surface area contributed by atoms with Crippen molar-refractivity contribution >= 4 is 16.5 Å². The molecule has 1 fully saturated rings. The van der Waals surface area contributed by atoms with Gasteiger partial charge in [-0.05, 0) is 24.5 Å². The third-order valence-electron chi connectivity index (χ3n) is 2.80. The van der Waals surface area contributed by atoms with Gasteiger partial charge >= 0.3 is 0 Å². The highest BCUT2D eigenvalue weighted by molar-refractivity contribution is 7.15. The Morgan fingerprint density at radius 3 is 3.00 bits per heavy atom. The smallest absolute Gasteiger partial charge is 0.180 e. The SMILES string of the molecule is Nc1nc(C2CC2)c(Cc2cccnc2)s1. The molecule has 2 heterocycles. The van der Waals surface area contributed by atoms with E-state index in [9.17, 15) is 0 Å². The molecular weight excluding hydrogens is 218 g/mol. The molecule has 0 bridgehead atoms. The van der Waals surface area contributed by atoms with E-state index in [4.69, 9.17) is 5.73 Å². The summed E-state index contributed by atoms with van der Waals surface area (Å²) in [5.74, 6) is 0.667. The summed E-state index contributed by atoms with van der Waals surface area (Å²) in [6.07, 6.45) is 7.15. The lowest BCUT2D eigenvalue weighted by molar-refractivity contribution is 1.01. The fourth-order valence-electron chi connectivity index (χ4n) is 1.87. The molecule has 0 atom stereocenters. The Balaban J connectivity index is 1.89. The summed E-state index contributed by atoms with van der Waals surface area (Å²) < 4.78 is 0. The standard InChI is InChI=1S/C12H13N3S/c13-12-15-11(9-3-4-9)10(16-12)6-8-2-1-5-14-7-8/h1-2,5,7,9H,3-4,6H2,(H2,13,15). The molecular formula is C12H13N3S. The molecule has 0 aromatic carbocycles. The predicted molar refractivity (Wildman–Crippen MR) is 65.5 cm³/mol. The van der Waals surface area contributed by atoms with Gasteiger partial charge in [0.1, 0.15) is 0 Å². The van der Waals surface area contributed by atoms with Gasteiger partial charge in [-0.15, -0.1) is 11.3 Å². The quantitative estimate of drug-likeness (QED) is 0.883. The Kier molecular flexibility index (Phi) is 2.36. The molecule has 1 aliphatic rings. The highest BCUT2D eigenvalue weighted by atomic mass is 32.1. The van der Waals surface area contributed by atoms with Gasteiger partial charge in [0.05, 0.1) is 5.69 Å². The van der Waals surface area contributed by atoms with E-state index in [2.05, 4.69) is 16.0 Å². The van der Waals surface area contributed by atoms with E-state index in [1.807, 2.05) is 12.3 Å². The monoisotopic (exact) mass is 231 g/mol. The molecule has 2 aromatic rings. The first-order valence-corrected chi connectivity index (χ1v) is 6.28. The van der Waals surface area contributed by atoms with Crippen LogP contribution < -0.4 is 5.73 Å². The first-order valence-electron chi connectivity index (χ1n) is 5.47. The number of pyridine rings is 1. The van der Waals surface area contributed by atoms with Gasteiger partial charge < -0.3 is 5.73 Å². The van der Waals surface area contributed by atoms with E-state index in [1.165, 1.54) is 29.0 Å². The van der Waals surface area contributed by atoms with Gasteiger partial charge in [0.25, 0.3) is 0 Å². The lowest BCUT2D eigenvalue weighted by Crippen LogP contribution is -1.91. The molecule has 0 spiro atoms. The number of anilines is 1. The molecule has 2 aromatic heterocycles. The van der Waals surface area contributed by atoms with Crippen LogP contribution in [-0.2, 0) is 6.42 Å². The lowest BCUT2D eigenvalue weighted by atomic mass is 10.1. The third kappa shape index (κ3) is 1.93. The zero-order valence-electron chi connectivity index (χ0n) is 8.89. The number of nitrogen functional groups attached to an aromatic ring is 1. The van der Waals surface area contributed by atoms with Crippen LogP contribution in [0.15, 0.2) is 24.5 Å². The van der Waals surface area contributed by atoms with Crippen molar-refractivity contribution in [2.45, 2.75) is 25.2 Å². The molecule has 1 saturated carbocycles. The second-order valence-corrected chi connectivity index (χ2v) is 5.29. The lowest BCUT2D eigenvalue weighted by Gasteiger charge is -2.00. The predicted octanol–water partition coefficient (Wildman–Crippen LogP) is 2.59. The van der Waals surface area contributed by atoms with Crippen molar-refractivity contribution in [1.82, 2.24) is 9.97 Å². The number of thiazole rings is 1. The summed E-state index contributed by atoms with van der Waals surface area (Å²) in [5.41, 5.74) is 8.25. The molecule has 0 unspecified atom stereocenters. The fourth-order valence-corrected chi connectivity index (χ4v) is 2.83. The number of rotatable bonds is 3. The largest absolute Gasteiger partial charge is 0.375 e. The molecule has 0 aliphatic heterocycles. The molecule has 82 valence electrons. The summed E-state index contributed by atoms with van der Waals surface area (Å²) in [4.78, 5) is 9.89.